The summed E-state index contributed by atoms with van der Waals surface area (Å²) in [4.78, 5) is 34.6. The van der Waals surface area contributed by atoms with Crippen LogP contribution in [0.15, 0.2) is 54.9 Å². The minimum atomic E-state index is -0.471. The van der Waals surface area contributed by atoms with Gasteiger partial charge in [-0.05, 0) is 49.6 Å². The van der Waals surface area contributed by atoms with Gasteiger partial charge in [-0.25, -0.2) is 9.97 Å². The molecule has 1 aliphatic rings. The van der Waals surface area contributed by atoms with E-state index in [1.165, 1.54) is 6.07 Å². The number of piperidine rings is 1. The fraction of sp³-hybridized carbons (Fsp3) is 0.292. The van der Waals surface area contributed by atoms with Gasteiger partial charge in [0.25, 0.3) is 5.69 Å². The first kappa shape index (κ1) is 22.2. The molecule has 1 aromatic heterocycles. The van der Waals surface area contributed by atoms with Crippen molar-refractivity contribution in [3.8, 4) is 17.0 Å². The van der Waals surface area contributed by atoms with E-state index in [2.05, 4.69) is 20.2 Å². The summed E-state index contributed by atoms with van der Waals surface area (Å²) in [5, 5.41) is 14.1. The van der Waals surface area contributed by atoms with Gasteiger partial charge in [-0.1, -0.05) is 12.1 Å². The number of rotatable bonds is 6. The Morgan fingerprint density at radius 2 is 1.88 bits per heavy atom. The highest BCUT2D eigenvalue weighted by Crippen LogP contribution is 2.30. The predicted octanol–water partition coefficient (Wildman–Crippen LogP) is 4.22. The number of anilines is 2. The van der Waals surface area contributed by atoms with Crippen molar-refractivity contribution in [1.29, 1.82) is 0 Å². The highest BCUT2D eigenvalue weighted by atomic mass is 16.6. The van der Waals surface area contributed by atoms with Crippen molar-refractivity contribution in [2.45, 2.75) is 19.8 Å². The summed E-state index contributed by atoms with van der Waals surface area (Å²) >= 11 is 0. The minimum absolute atomic E-state index is 0.0900. The van der Waals surface area contributed by atoms with Crippen LogP contribution < -0.4 is 15.0 Å². The van der Waals surface area contributed by atoms with E-state index in [9.17, 15) is 14.9 Å². The number of carbonyl (C=O) groups excluding carboxylic acids is 1. The van der Waals surface area contributed by atoms with Gasteiger partial charge in [-0.2, -0.15) is 0 Å². The second-order valence-electron chi connectivity index (χ2n) is 7.97. The molecule has 1 saturated heterocycles. The fourth-order valence-electron chi connectivity index (χ4n) is 4.00. The normalized spacial score (nSPS) is 14.1. The summed E-state index contributed by atoms with van der Waals surface area (Å²) in [5.41, 5.74) is 2.63. The Kier molecular flexibility index (Phi) is 6.48. The monoisotopic (exact) mass is 447 g/mol. The number of ether oxygens (including phenoxy) is 1. The van der Waals surface area contributed by atoms with Crippen LogP contribution in [-0.4, -0.2) is 41.0 Å². The summed E-state index contributed by atoms with van der Waals surface area (Å²) in [6.45, 7) is 3.07. The van der Waals surface area contributed by atoms with Gasteiger partial charge in [0.2, 0.25) is 5.91 Å². The minimum Gasteiger partial charge on any atom is -0.497 e. The first-order valence-electron chi connectivity index (χ1n) is 10.7. The molecular weight excluding hydrogens is 422 g/mol. The Morgan fingerprint density at radius 3 is 2.55 bits per heavy atom. The Hall–Kier alpha value is -4.01. The number of aromatic nitrogens is 2. The lowest BCUT2D eigenvalue weighted by Crippen LogP contribution is -2.38. The van der Waals surface area contributed by atoms with E-state index in [1.54, 1.807) is 32.5 Å². The molecule has 0 bridgehead atoms. The van der Waals surface area contributed by atoms with E-state index < -0.39 is 4.92 Å². The van der Waals surface area contributed by atoms with Crippen molar-refractivity contribution >= 4 is 23.1 Å². The van der Waals surface area contributed by atoms with Crippen LogP contribution in [0.4, 0.5) is 17.2 Å². The van der Waals surface area contributed by atoms with Crippen LogP contribution in [0.25, 0.3) is 11.3 Å². The van der Waals surface area contributed by atoms with Crippen molar-refractivity contribution in [1.82, 2.24) is 9.97 Å². The zero-order valence-corrected chi connectivity index (χ0v) is 18.5. The van der Waals surface area contributed by atoms with E-state index in [0.29, 0.717) is 31.5 Å². The van der Waals surface area contributed by atoms with Gasteiger partial charge in [0.15, 0.2) is 0 Å². The summed E-state index contributed by atoms with van der Waals surface area (Å²) in [6, 6.07) is 14.4. The maximum atomic E-state index is 12.8. The van der Waals surface area contributed by atoms with Crippen LogP contribution in [0.2, 0.25) is 0 Å². The molecule has 1 aliphatic heterocycles. The first-order chi connectivity index (χ1) is 16.0. The van der Waals surface area contributed by atoms with Crippen molar-refractivity contribution in [3.63, 3.8) is 0 Å². The lowest BCUT2D eigenvalue weighted by atomic mass is 9.95. The van der Waals surface area contributed by atoms with E-state index >= 15 is 0 Å². The Morgan fingerprint density at radius 1 is 1.15 bits per heavy atom. The third-order valence-corrected chi connectivity index (χ3v) is 5.92. The molecule has 1 amide bonds. The molecule has 1 N–H and O–H groups in total. The molecule has 2 aromatic carbocycles. The van der Waals surface area contributed by atoms with Crippen molar-refractivity contribution in [2.75, 3.05) is 30.4 Å². The molecule has 0 spiro atoms. The second kappa shape index (κ2) is 9.64. The van der Waals surface area contributed by atoms with Crippen LogP contribution in [0, 0.1) is 23.0 Å². The standard InChI is InChI=1S/C24H25N5O4/c1-16-4-3-5-21(29(31)32)23(16)27-24(30)18-10-12-28(13-11-18)22-14-20(25-15-26-22)17-6-8-19(33-2)9-7-17/h3-9,14-15,18H,10-13H2,1-2H3,(H,27,30). The summed E-state index contributed by atoms with van der Waals surface area (Å²) in [7, 11) is 1.63. The lowest BCUT2D eigenvalue weighted by Gasteiger charge is -2.32. The number of nitrogens with zero attached hydrogens (tertiary/aromatic N) is 4. The second-order valence-corrected chi connectivity index (χ2v) is 7.97. The molecule has 1 fully saturated rings. The number of hydrogen-bond acceptors (Lipinski definition) is 7. The average molecular weight is 447 g/mol. The maximum Gasteiger partial charge on any atom is 0.293 e. The number of hydrogen-bond donors (Lipinski definition) is 1. The molecule has 2 heterocycles. The van der Waals surface area contributed by atoms with Crippen LogP contribution in [-0.2, 0) is 4.79 Å². The number of para-hydroxylation sites is 1. The molecule has 0 saturated carbocycles. The van der Waals surface area contributed by atoms with Crippen molar-refractivity contribution in [3.05, 3.63) is 70.5 Å². The molecule has 9 nitrogen and oxygen atoms in total. The van der Waals surface area contributed by atoms with E-state index in [-0.39, 0.29) is 23.2 Å². The Balaban J connectivity index is 1.41. The number of benzene rings is 2. The van der Waals surface area contributed by atoms with Crippen LogP contribution in [0.1, 0.15) is 18.4 Å². The maximum absolute atomic E-state index is 12.8. The number of carbonyl (C=O) groups is 1. The van der Waals surface area contributed by atoms with E-state index in [0.717, 1.165) is 22.8 Å². The highest BCUT2D eigenvalue weighted by Gasteiger charge is 2.28. The topological polar surface area (TPSA) is 110 Å². The highest BCUT2D eigenvalue weighted by molar-refractivity contribution is 5.95. The molecule has 0 atom stereocenters. The van der Waals surface area contributed by atoms with Gasteiger partial charge in [0.05, 0.1) is 17.7 Å². The van der Waals surface area contributed by atoms with Gasteiger partial charge >= 0.3 is 0 Å². The number of methoxy groups -OCH3 is 1. The van der Waals surface area contributed by atoms with Gasteiger partial charge in [0.1, 0.15) is 23.6 Å². The molecule has 170 valence electrons. The number of amides is 1. The molecular formula is C24H25N5O4. The smallest absolute Gasteiger partial charge is 0.293 e. The van der Waals surface area contributed by atoms with Gasteiger partial charge in [-0.3, -0.25) is 14.9 Å². The molecule has 9 heteroatoms. The van der Waals surface area contributed by atoms with E-state index in [1.807, 2.05) is 30.3 Å². The number of nitrogens with one attached hydrogen (secondary N) is 1. The molecule has 4 rings (SSSR count). The summed E-state index contributed by atoms with van der Waals surface area (Å²) in [6.07, 6.45) is 2.81. The number of nitro benzene ring substituents is 1. The number of nitro groups is 1. The van der Waals surface area contributed by atoms with Crippen LogP contribution in [0.5, 0.6) is 5.75 Å². The quantitative estimate of drug-likeness (QED) is 0.445. The number of aryl methyl sites for hydroxylation is 1. The van der Waals surface area contributed by atoms with Crippen LogP contribution >= 0.6 is 0 Å². The molecule has 33 heavy (non-hydrogen) atoms. The van der Waals surface area contributed by atoms with Gasteiger partial charge < -0.3 is 15.0 Å². The molecule has 0 radical (unpaired) electrons. The zero-order valence-electron chi connectivity index (χ0n) is 18.5. The fourth-order valence-corrected chi connectivity index (χ4v) is 4.00. The summed E-state index contributed by atoms with van der Waals surface area (Å²) in [5.74, 6) is 1.19. The first-order valence-corrected chi connectivity index (χ1v) is 10.7. The zero-order chi connectivity index (χ0) is 23.4. The van der Waals surface area contributed by atoms with Crippen molar-refractivity contribution in [2.24, 2.45) is 5.92 Å². The lowest BCUT2D eigenvalue weighted by molar-refractivity contribution is -0.384. The van der Waals surface area contributed by atoms with Gasteiger partial charge in [-0.15, -0.1) is 0 Å². The van der Waals surface area contributed by atoms with Crippen LogP contribution in [0.3, 0.4) is 0 Å². The SMILES string of the molecule is COc1ccc(-c2cc(N3CCC(C(=O)Nc4c(C)cccc4[N+](=O)[O-])CC3)ncn2)cc1. The largest absolute Gasteiger partial charge is 0.497 e. The average Bonchev–Trinajstić information content (AvgIpc) is 2.85. The van der Waals surface area contributed by atoms with Crippen molar-refractivity contribution < 1.29 is 14.5 Å². The third kappa shape index (κ3) is 4.92. The molecule has 0 unspecified atom stereocenters. The summed E-state index contributed by atoms with van der Waals surface area (Å²) < 4.78 is 5.21. The molecule has 3 aromatic rings. The molecule has 0 aliphatic carbocycles. The van der Waals surface area contributed by atoms with Gasteiger partial charge in [0, 0.05) is 36.7 Å². The Labute approximate surface area is 191 Å². The van der Waals surface area contributed by atoms with E-state index in [4.69, 9.17) is 4.74 Å². The predicted molar refractivity (Wildman–Crippen MR) is 125 cm³/mol. The third-order valence-electron chi connectivity index (χ3n) is 5.92. The Bertz CT molecular complexity index is 1160.